The molecule has 0 fully saturated rings. The number of nitrogens with two attached hydrogens (primary N) is 1. The second-order valence-electron chi connectivity index (χ2n) is 4.64. The van der Waals surface area contributed by atoms with E-state index in [1.807, 2.05) is 0 Å². The van der Waals surface area contributed by atoms with Crippen LogP contribution in [0.15, 0.2) is 48.6 Å². The molecular formula is C15H14BrN. The van der Waals surface area contributed by atoms with Gasteiger partial charge in [0.05, 0.1) is 4.32 Å². The van der Waals surface area contributed by atoms with Crippen LogP contribution in [0.5, 0.6) is 0 Å². The maximum atomic E-state index is 5.85. The highest BCUT2D eigenvalue weighted by molar-refractivity contribution is 9.10. The van der Waals surface area contributed by atoms with Crippen LogP contribution in [0.2, 0.25) is 0 Å². The summed E-state index contributed by atoms with van der Waals surface area (Å²) in [5.41, 5.74) is 12.1. The number of benzene rings is 1. The Kier molecular flexibility index (Phi) is 2.39. The van der Waals surface area contributed by atoms with Gasteiger partial charge in [0.25, 0.3) is 0 Å². The molecule has 2 heteroatoms. The van der Waals surface area contributed by atoms with Crippen LogP contribution in [-0.2, 0) is 0 Å². The van der Waals surface area contributed by atoms with Crippen molar-refractivity contribution < 1.29 is 0 Å². The molecule has 2 bridgehead atoms. The van der Waals surface area contributed by atoms with Gasteiger partial charge in [0.15, 0.2) is 0 Å². The fraction of sp³-hybridized carbons (Fsp3) is 0.200. The summed E-state index contributed by atoms with van der Waals surface area (Å²) in [5.74, 6) is 0. The number of halogens is 1. The van der Waals surface area contributed by atoms with Crippen molar-refractivity contribution in [3.63, 3.8) is 0 Å². The molecule has 1 nitrogen and oxygen atoms in total. The van der Waals surface area contributed by atoms with Crippen LogP contribution in [0.3, 0.4) is 0 Å². The van der Waals surface area contributed by atoms with Crippen LogP contribution < -0.4 is 5.73 Å². The highest BCUT2D eigenvalue weighted by Crippen LogP contribution is 2.48. The highest BCUT2D eigenvalue weighted by Gasteiger charge is 2.32. The summed E-state index contributed by atoms with van der Waals surface area (Å²) in [5, 5.41) is 0. The Hall–Kier alpha value is -1.12. The molecule has 0 saturated heterocycles. The Morgan fingerprint density at radius 2 is 1.88 bits per heavy atom. The SMILES string of the molecule is C=C1C2=CCC(Br)(CN)C=C1c1ccccc12. The van der Waals surface area contributed by atoms with E-state index < -0.39 is 0 Å². The normalized spacial score (nSPS) is 26.1. The Morgan fingerprint density at radius 3 is 2.53 bits per heavy atom. The summed E-state index contributed by atoms with van der Waals surface area (Å²) in [7, 11) is 0. The van der Waals surface area contributed by atoms with Crippen molar-refractivity contribution in [3.8, 4) is 0 Å². The lowest BCUT2D eigenvalue weighted by Gasteiger charge is -2.21. The van der Waals surface area contributed by atoms with E-state index in [4.69, 9.17) is 5.73 Å². The summed E-state index contributed by atoms with van der Waals surface area (Å²) in [6.45, 7) is 4.81. The zero-order valence-corrected chi connectivity index (χ0v) is 11.1. The molecule has 0 spiro atoms. The Labute approximate surface area is 110 Å². The van der Waals surface area contributed by atoms with E-state index in [1.54, 1.807) is 0 Å². The molecule has 0 amide bonds. The lowest BCUT2D eigenvalue weighted by molar-refractivity contribution is 0.750. The van der Waals surface area contributed by atoms with E-state index in [9.17, 15) is 0 Å². The molecule has 2 N–H and O–H groups in total. The van der Waals surface area contributed by atoms with Crippen LogP contribution in [-0.4, -0.2) is 10.9 Å². The third kappa shape index (κ3) is 1.55. The third-order valence-corrected chi connectivity index (χ3v) is 4.42. The minimum absolute atomic E-state index is 0.124. The largest absolute Gasteiger partial charge is 0.329 e. The zero-order chi connectivity index (χ0) is 12.0. The molecule has 1 aromatic carbocycles. The Morgan fingerprint density at radius 1 is 1.24 bits per heavy atom. The Bertz CT molecular complexity index is 568. The molecule has 2 aliphatic carbocycles. The molecule has 0 aliphatic heterocycles. The van der Waals surface area contributed by atoms with E-state index in [0.717, 1.165) is 12.0 Å². The molecule has 2 aliphatic rings. The second kappa shape index (κ2) is 3.69. The van der Waals surface area contributed by atoms with Crippen LogP contribution in [0, 0.1) is 0 Å². The Balaban J connectivity index is 2.28. The predicted molar refractivity (Wildman–Crippen MR) is 76.9 cm³/mol. The van der Waals surface area contributed by atoms with Crippen LogP contribution in [0.1, 0.15) is 17.5 Å². The molecule has 0 aromatic heterocycles. The number of fused-ring (bicyclic) bond motifs is 5. The molecule has 1 aromatic rings. The van der Waals surface area contributed by atoms with E-state index in [0.29, 0.717) is 6.54 Å². The molecule has 86 valence electrons. The van der Waals surface area contributed by atoms with E-state index in [-0.39, 0.29) is 4.32 Å². The summed E-state index contributed by atoms with van der Waals surface area (Å²) < 4.78 is -0.124. The van der Waals surface area contributed by atoms with Gasteiger partial charge in [-0.3, -0.25) is 0 Å². The quantitative estimate of drug-likeness (QED) is 0.786. The molecule has 3 rings (SSSR count). The van der Waals surface area contributed by atoms with Crippen LogP contribution >= 0.6 is 15.9 Å². The predicted octanol–water partition coefficient (Wildman–Crippen LogP) is 3.52. The van der Waals surface area contributed by atoms with Crippen molar-refractivity contribution in [2.24, 2.45) is 5.73 Å². The first-order valence-electron chi connectivity index (χ1n) is 5.76. The van der Waals surface area contributed by atoms with Crippen molar-refractivity contribution in [1.82, 2.24) is 0 Å². The molecular weight excluding hydrogens is 274 g/mol. The van der Waals surface area contributed by atoms with Crippen LogP contribution in [0.4, 0.5) is 0 Å². The average molecular weight is 288 g/mol. The average Bonchev–Trinajstić information content (AvgIpc) is 2.51. The molecule has 0 heterocycles. The van der Waals surface area contributed by atoms with Gasteiger partial charge in [-0.2, -0.15) is 0 Å². The van der Waals surface area contributed by atoms with Gasteiger partial charge in [0.1, 0.15) is 0 Å². The number of alkyl halides is 1. The van der Waals surface area contributed by atoms with E-state index >= 15 is 0 Å². The van der Waals surface area contributed by atoms with Gasteiger partial charge < -0.3 is 5.73 Å². The van der Waals surface area contributed by atoms with Gasteiger partial charge >= 0.3 is 0 Å². The third-order valence-electron chi connectivity index (χ3n) is 3.55. The van der Waals surface area contributed by atoms with Gasteiger partial charge in [-0.15, -0.1) is 0 Å². The van der Waals surface area contributed by atoms with Gasteiger partial charge in [0.2, 0.25) is 0 Å². The molecule has 1 atom stereocenters. The zero-order valence-electron chi connectivity index (χ0n) is 9.54. The minimum atomic E-state index is -0.124. The van der Waals surface area contributed by atoms with Gasteiger partial charge in [-0.25, -0.2) is 0 Å². The first-order chi connectivity index (χ1) is 8.14. The second-order valence-corrected chi connectivity index (χ2v) is 6.22. The molecule has 0 saturated carbocycles. The lowest BCUT2D eigenvalue weighted by Crippen LogP contribution is -2.28. The van der Waals surface area contributed by atoms with Crippen molar-refractivity contribution in [3.05, 3.63) is 59.7 Å². The topological polar surface area (TPSA) is 26.0 Å². The van der Waals surface area contributed by atoms with Crippen molar-refractivity contribution in [2.45, 2.75) is 10.7 Å². The fourth-order valence-electron chi connectivity index (χ4n) is 2.55. The van der Waals surface area contributed by atoms with Gasteiger partial charge in [-0.05, 0) is 34.3 Å². The maximum absolute atomic E-state index is 5.85. The highest BCUT2D eigenvalue weighted by atomic mass is 79.9. The van der Waals surface area contributed by atoms with Crippen molar-refractivity contribution >= 4 is 27.1 Å². The molecule has 0 radical (unpaired) electrons. The van der Waals surface area contributed by atoms with Gasteiger partial charge in [0, 0.05) is 6.54 Å². The summed E-state index contributed by atoms with van der Waals surface area (Å²) >= 11 is 3.74. The summed E-state index contributed by atoms with van der Waals surface area (Å²) in [4.78, 5) is 0. The van der Waals surface area contributed by atoms with Crippen molar-refractivity contribution in [2.75, 3.05) is 6.54 Å². The van der Waals surface area contributed by atoms with E-state index in [2.05, 4.69) is 58.9 Å². The van der Waals surface area contributed by atoms with Gasteiger partial charge in [-0.1, -0.05) is 58.9 Å². The number of allylic oxidation sites excluding steroid dienone is 4. The number of hydrogen-bond donors (Lipinski definition) is 1. The monoisotopic (exact) mass is 287 g/mol. The fourth-order valence-corrected chi connectivity index (χ4v) is 2.94. The van der Waals surface area contributed by atoms with E-state index in [1.165, 1.54) is 22.3 Å². The number of hydrogen-bond acceptors (Lipinski definition) is 1. The lowest BCUT2D eigenvalue weighted by atomic mass is 9.97. The summed E-state index contributed by atoms with van der Waals surface area (Å²) in [6, 6.07) is 8.47. The summed E-state index contributed by atoms with van der Waals surface area (Å²) in [6.07, 6.45) is 5.39. The first kappa shape index (κ1) is 11.0. The van der Waals surface area contributed by atoms with Crippen LogP contribution in [0.25, 0.3) is 11.1 Å². The number of rotatable bonds is 1. The maximum Gasteiger partial charge on any atom is 0.0602 e. The standard InChI is InChI=1S/C15H14BrN/c1-10-11-6-7-15(16,9-17)8-14(10)13-5-3-2-4-12(11)13/h2-6,8H,1,7,9,17H2. The molecule has 1 unspecified atom stereocenters. The minimum Gasteiger partial charge on any atom is -0.329 e. The first-order valence-corrected chi connectivity index (χ1v) is 6.55. The van der Waals surface area contributed by atoms with Crippen molar-refractivity contribution in [1.29, 1.82) is 0 Å². The molecule has 17 heavy (non-hydrogen) atoms. The smallest absolute Gasteiger partial charge is 0.0602 e.